The monoisotopic (exact) mass is 344 g/mol. The number of likely N-dealkylation sites (tertiary alicyclic amines) is 1. The molecule has 3 nitrogen and oxygen atoms in total. The summed E-state index contributed by atoms with van der Waals surface area (Å²) in [7, 11) is 4.16. The van der Waals surface area contributed by atoms with E-state index in [1.165, 1.54) is 6.42 Å². The van der Waals surface area contributed by atoms with Crippen molar-refractivity contribution in [3.63, 3.8) is 0 Å². The molecule has 1 aliphatic heterocycles. The van der Waals surface area contributed by atoms with Crippen molar-refractivity contribution in [1.29, 1.82) is 0 Å². The van der Waals surface area contributed by atoms with E-state index in [0.717, 1.165) is 23.1 Å². The quantitative estimate of drug-likeness (QED) is 0.617. The molecule has 1 atom stereocenters. The van der Waals surface area contributed by atoms with E-state index in [1.807, 2.05) is 25.2 Å². The number of carbonyl (C=O) groups is 1. The Morgan fingerprint density at radius 3 is 2.89 bits per heavy atom. The second-order valence-electron chi connectivity index (χ2n) is 4.93. The molecule has 0 aliphatic carbocycles. The number of carbonyl (C=O) groups excluding carboxylic acids is 1. The third kappa shape index (κ3) is 3.12. The molecule has 0 radical (unpaired) electrons. The maximum Gasteiger partial charge on any atom is 0.179 e. The van der Waals surface area contributed by atoms with E-state index in [1.54, 1.807) is 0 Å². The second kappa shape index (κ2) is 6.25. The highest BCUT2D eigenvalue weighted by atomic mass is 79.9. The van der Waals surface area contributed by atoms with Gasteiger partial charge < -0.3 is 4.90 Å². The number of nitrogens with zero attached hydrogens (tertiary/aromatic N) is 2. The van der Waals surface area contributed by atoms with Crippen molar-refractivity contribution in [1.82, 2.24) is 4.90 Å². The summed E-state index contributed by atoms with van der Waals surface area (Å²) in [5, 5.41) is 0. The molecular formula is C14H18BrClN2O. The van der Waals surface area contributed by atoms with Crippen LogP contribution in [0.25, 0.3) is 0 Å². The highest BCUT2D eigenvalue weighted by Gasteiger charge is 2.27. The predicted molar refractivity (Wildman–Crippen MR) is 83.2 cm³/mol. The fraction of sp³-hybridized carbons (Fsp3) is 0.500. The van der Waals surface area contributed by atoms with Crippen LogP contribution >= 0.6 is 27.5 Å². The van der Waals surface area contributed by atoms with Crippen molar-refractivity contribution in [2.45, 2.75) is 19.0 Å². The first-order valence-corrected chi connectivity index (χ1v) is 7.69. The summed E-state index contributed by atoms with van der Waals surface area (Å²) in [5.41, 5.74) is 1.64. The first-order chi connectivity index (χ1) is 9.04. The lowest BCUT2D eigenvalue weighted by atomic mass is 10.1. The van der Waals surface area contributed by atoms with E-state index in [2.05, 4.69) is 32.8 Å². The molecular weight excluding hydrogens is 328 g/mol. The molecule has 1 fully saturated rings. The van der Waals surface area contributed by atoms with Gasteiger partial charge in [-0.25, -0.2) is 0 Å². The lowest BCUT2D eigenvalue weighted by molar-refractivity contribution is 0.102. The summed E-state index contributed by atoms with van der Waals surface area (Å²) in [5.74, 6) is -0.0249. The highest BCUT2D eigenvalue weighted by molar-refractivity contribution is 9.10. The van der Waals surface area contributed by atoms with Gasteiger partial charge in [0.2, 0.25) is 0 Å². The number of anilines is 1. The van der Waals surface area contributed by atoms with Crippen LogP contribution in [0.1, 0.15) is 23.2 Å². The van der Waals surface area contributed by atoms with Crippen molar-refractivity contribution in [2.75, 3.05) is 31.4 Å². The van der Waals surface area contributed by atoms with Crippen molar-refractivity contribution < 1.29 is 4.79 Å². The van der Waals surface area contributed by atoms with Gasteiger partial charge in [-0.05, 0) is 44.6 Å². The Balaban J connectivity index is 2.35. The molecule has 0 bridgehead atoms. The van der Waals surface area contributed by atoms with Crippen LogP contribution < -0.4 is 4.90 Å². The molecule has 1 aromatic carbocycles. The van der Waals surface area contributed by atoms with Crippen LogP contribution in [0.2, 0.25) is 0 Å². The molecule has 0 N–H and O–H groups in total. The molecule has 1 aliphatic rings. The van der Waals surface area contributed by atoms with E-state index >= 15 is 0 Å². The molecule has 5 heteroatoms. The Morgan fingerprint density at radius 1 is 1.58 bits per heavy atom. The van der Waals surface area contributed by atoms with Crippen LogP contribution in [-0.4, -0.2) is 43.4 Å². The Labute approximate surface area is 127 Å². The molecule has 19 heavy (non-hydrogen) atoms. The number of rotatable bonds is 4. The van der Waals surface area contributed by atoms with Crippen LogP contribution in [0.5, 0.6) is 0 Å². The summed E-state index contributed by atoms with van der Waals surface area (Å²) in [6.45, 7) is 1.10. The number of halogens is 2. The fourth-order valence-electron chi connectivity index (χ4n) is 2.65. The van der Waals surface area contributed by atoms with Gasteiger partial charge in [0, 0.05) is 22.8 Å². The van der Waals surface area contributed by atoms with E-state index in [9.17, 15) is 4.79 Å². The third-order valence-electron chi connectivity index (χ3n) is 3.69. The summed E-state index contributed by atoms with van der Waals surface area (Å²) in [6, 6.07) is 5.80. The molecule has 0 unspecified atom stereocenters. The van der Waals surface area contributed by atoms with Gasteiger partial charge >= 0.3 is 0 Å². The highest BCUT2D eigenvalue weighted by Crippen LogP contribution is 2.29. The first-order valence-electron chi connectivity index (χ1n) is 6.36. The molecule has 0 saturated carbocycles. The first kappa shape index (κ1) is 14.8. The Hall–Kier alpha value is -0.580. The van der Waals surface area contributed by atoms with E-state index in [0.29, 0.717) is 11.7 Å². The lowest BCUT2D eigenvalue weighted by Gasteiger charge is -2.33. The largest absolute Gasteiger partial charge is 0.358 e. The van der Waals surface area contributed by atoms with Crippen molar-refractivity contribution in [2.24, 2.45) is 0 Å². The van der Waals surface area contributed by atoms with Crippen LogP contribution in [0, 0.1) is 0 Å². The van der Waals surface area contributed by atoms with Gasteiger partial charge in [-0.1, -0.05) is 15.9 Å². The SMILES string of the molecule is CN1CCC[C@@H]1N(C)c1ccc(Br)cc1C(=O)CCl. The smallest absolute Gasteiger partial charge is 0.179 e. The standard InChI is InChI=1S/C14H18BrClN2O/c1-17-7-3-4-14(17)18(2)12-6-5-10(15)8-11(12)13(19)9-16/h5-6,8,14H,3-4,7,9H2,1-2H3/t14-/m0/s1. The van der Waals surface area contributed by atoms with Crippen LogP contribution in [0.3, 0.4) is 0 Å². The maximum atomic E-state index is 12.0. The molecule has 0 amide bonds. The minimum Gasteiger partial charge on any atom is -0.358 e. The van der Waals surface area contributed by atoms with Crippen molar-refractivity contribution in [3.05, 3.63) is 28.2 Å². The number of hydrogen-bond donors (Lipinski definition) is 0. The van der Waals surface area contributed by atoms with Gasteiger partial charge in [0.1, 0.15) is 0 Å². The Bertz CT molecular complexity index is 481. The van der Waals surface area contributed by atoms with Gasteiger partial charge in [0.15, 0.2) is 5.78 Å². The normalized spacial score (nSPS) is 19.7. The summed E-state index contributed by atoms with van der Waals surface area (Å²) >= 11 is 9.12. The van der Waals surface area contributed by atoms with Gasteiger partial charge in [-0.3, -0.25) is 9.69 Å². The van der Waals surface area contributed by atoms with Gasteiger partial charge in [0.25, 0.3) is 0 Å². The Morgan fingerprint density at radius 2 is 2.32 bits per heavy atom. The molecule has 0 spiro atoms. The molecule has 1 aromatic rings. The molecule has 104 valence electrons. The Kier molecular flexibility index (Phi) is 4.87. The van der Waals surface area contributed by atoms with Crippen molar-refractivity contribution >= 4 is 39.0 Å². The molecule has 1 heterocycles. The van der Waals surface area contributed by atoms with Gasteiger partial charge in [-0.2, -0.15) is 0 Å². The zero-order valence-corrected chi connectivity index (χ0v) is 13.5. The number of ketones is 1. The van der Waals surface area contributed by atoms with E-state index in [4.69, 9.17) is 11.6 Å². The van der Waals surface area contributed by atoms with Gasteiger partial charge in [0.05, 0.1) is 12.0 Å². The number of Topliss-reactive ketones (excluding diaryl/α,β-unsaturated/α-hetero) is 1. The number of benzene rings is 1. The topological polar surface area (TPSA) is 23.6 Å². The number of alkyl halides is 1. The zero-order valence-electron chi connectivity index (χ0n) is 11.2. The van der Waals surface area contributed by atoms with E-state index < -0.39 is 0 Å². The molecule has 1 saturated heterocycles. The minimum absolute atomic E-state index is 0.0117. The van der Waals surface area contributed by atoms with E-state index in [-0.39, 0.29) is 11.7 Å². The summed E-state index contributed by atoms with van der Waals surface area (Å²) in [6.07, 6.45) is 2.67. The predicted octanol–water partition coefficient (Wildman–Crippen LogP) is 3.36. The molecule has 2 rings (SSSR count). The summed E-state index contributed by atoms with van der Waals surface area (Å²) in [4.78, 5) is 16.5. The van der Waals surface area contributed by atoms with Crippen LogP contribution in [-0.2, 0) is 0 Å². The van der Waals surface area contributed by atoms with Crippen LogP contribution in [0.4, 0.5) is 5.69 Å². The lowest BCUT2D eigenvalue weighted by Crippen LogP contribution is -2.41. The minimum atomic E-state index is -0.0366. The summed E-state index contributed by atoms with van der Waals surface area (Å²) < 4.78 is 0.901. The van der Waals surface area contributed by atoms with Gasteiger partial charge in [-0.15, -0.1) is 11.6 Å². The van der Waals surface area contributed by atoms with Crippen molar-refractivity contribution in [3.8, 4) is 0 Å². The third-order valence-corrected chi connectivity index (χ3v) is 4.43. The van der Waals surface area contributed by atoms with Crippen LogP contribution in [0.15, 0.2) is 22.7 Å². The second-order valence-corrected chi connectivity index (χ2v) is 6.12. The fourth-order valence-corrected chi connectivity index (χ4v) is 3.16. The maximum absolute atomic E-state index is 12.0. The number of hydrogen-bond acceptors (Lipinski definition) is 3. The average molecular weight is 346 g/mol. The molecule has 0 aromatic heterocycles. The zero-order chi connectivity index (χ0) is 14.0. The average Bonchev–Trinajstić information content (AvgIpc) is 2.83.